The van der Waals surface area contributed by atoms with Gasteiger partial charge in [0.2, 0.25) is 10.0 Å². The second-order valence-electron chi connectivity index (χ2n) is 5.62. The minimum absolute atomic E-state index is 0.0324. The molecule has 0 atom stereocenters. The first-order chi connectivity index (χ1) is 11.9. The van der Waals surface area contributed by atoms with Gasteiger partial charge in [0.25, 0.3) is 5.91 Å². The number of nitrogens with zero attached hydrogens (tertiary/aromatic N) is 1. The van der Waals surface area contributed by atoms with Gasteiger partial charge in [-0.1, -0.05) is 6.07 Å². The van der Waals surface area contributed by atoms with Crippen LogP contribution in [-0.4, -0.2) is 49.4 Å². The summed E-state index contributed by atoms with van der Waals surface area (Å²) in [6.45, 7) is 0.721. The molecule has 0 aliphatic carbocycles. The molecule has 0 radical (unpaired) electrons. The predicted octanol–water partition coefficient (Wildman–Crippen LogP) is 1.62. The topological polar surface area (TPSA) is 117 Å². The normalized spacial score (nSPS) is 16.1. The Morgan fingerprint density at radius 3 is 2.60 bits per heavy atom. The summed E-state index contributed by atoms with van der Waals surface area (Å²) in [5.74, 6) is -1.59. The van der Waals surface area contributed by atoms with Crippen molar-refractivity contribution in [1.29, 1.82) is 0 Å². The van der Waals surface area contributed by atoms with Crippen molar-refractivity contribution < 1.29 is 27.5 Å². The summed E-state index contributed by atoms with van der Waals surface area (Å²) in [4.78, 5) is 24.7. The number of likely N-dealkylation sites (tertiary alicyclic amines) is 1. The Kier molecular flexibility index (Phi) is 4.93. The second-order valence-corrected chi connectivity index (χ2v) is 8.51. The Labute approximate surface area is 148 Å². The number of hydrogen-bond donors (Lipinski definition) is 2. The first-order valence-corrected chi connectivity index (χ1v) is 9.90. The van der Waals surface area contributed by atoms with Crippen LogP contribution >= 0.6 is 11.3 Å². The molecule has 0 saturated carbocycles. The van der Waals surface area contributed by atoms with Crippen molar-refractivity contribution in [3.63, 3.8) is 0 Å². The summed E-state index contributed by atoms with van der Waals surface area (Å²) in [6, 6.07) is 4.16. The predicted molar refractivity (Wildman–Crippen MR) is 89.2 cm³/mol. The van der Waals surface area contributed by atoms with Crippen LogP contribution in [0.4, 0.5) is 0 Å². The first-order valence-electron chi connectivity index (χ1n) is 7.54. The zero-order valence-corrected chi connectivity index (χ0v) is 14.7. The first kappa shape index (κ1) is 17.6. The van der Waals surface area contributed by atoms with E-state index in [1.807, 2.05) is 0 Å². The molecule has 1 aliphatic rings. The third kappa shape index (κ3) is 3.91. The van der Waals surface area contributed by atoms with Crippen LogP contribution in [0.5, 0.6) is 0 Å². The number of nitrogens with one attached hydrogen (secondary N) is 1. The van der Waals surface area contributed by atoms with E-state index in [1.54, 1.807) is 17.5 Å². The fourth-order valence-corrected chi connectivity index (χ4v) is 4.93. The fraction of sp³-hybridized carbons (Fsp3) is 0.333. The van der Waals surface area contributed by atoms with E-state index in [0.717, 1.165) is 17.6 Å². The quantitative estimate of drug-likeness (QED) is 0.809. The molecule has 10 heteroatoms. The number of sulfonamides is 1. The lowest BCUT2D eigenvalue weighted by Crippen LogP contribution is -2.46. The molecule has 0 bridgehead atoms. The molecule has 25 heavy (non-hydrogen) atoms. The number of carbonyl (C=O) groups is 2. The zero-order chi connectivity index (χ0) is 18.0. The zero-order valence-electron chi connectivity index (χ0n) is 13.0. The third-order valence-corrected chi connectivity index (χ3v) is 6.84. The number of thiophene rings is 1. The van der Waals surface area contributed by atoms with Gasteiger partial charge in [-0.2, -0.15) is 0 Å². The van der Waals surface area contributed by atoms with E-state index in [4.69, 9.17) is 9.52 Å². The van der Waals surface area contributed by atoms with Crippen LogP contribution in [0.1, 0.15) is 33.8 Å². The van der Waals surface area contributed by atoms with E-state index in [-0.39, 0.29) is 21.6 Å². The molecule has 2 aromatic heterocycles. The van der Waals surface area contributed by atoms with E-state index in [1.165, 1.54) is 11.0 Å². The van der Waals surface area contributed by atoms with Crippen LogP contribution in [0, 0.1) is 0 Å². The average molecular weight is 384 g/mol. The van der Waals surface area contributed by atoms with E-state index < -0.39 is 21.9 Å². The lowest BCUT2D eigenvalue weighted by atomic mass is 10.1. The largest absolute Gasteiger partial charge is 0.478 e. The summed E-state index contributed by atoms with van der Waals surface area (Å²) < 4.78 is 32.4. The molecule has 2 aromatic rings. The van der Waals surface area contributed by atoms with Crippen molar-refractivity contribution in [1.82, 2.24) is 9.62 Å². The molecular formula is C15H16N2O6S2. The summed E-state index contributed by atoms with van der Waals surface area (Å²) in [5.41, 5.74) is -0.0815. The van der Waals surface area contributed by atoms with Crippen molar-refractivity contribution >= 4 is 33.2 Å². The summed E-state index contributed by atoms with van der Waals surface area (Å²) in [5, 5.41) is 10.6. The lowest BCUT2D eigenvalue weighted by molar-refractivity contribution is 0.0675. The van der Waals surface area contributed by atoms with Gasteiger partial charge in [-0.3, -0.25) is 4.79 Å². The van der Waals surface area contributed by atoms with Crippen molar-refractivity contribution in [2.45, 2.75) is 23.1 Å². The van der Waals surface area contributed by atoms with Gasteiger partial charge in [-0.15, -0.1) is 11.3 Å². The average Bonchev–Trinajstić information content (AvgIpc) is 3.26. The molecule has 0 aromatic carbocycles. The molecule has 8 nitrogen and oxygen atoms in total. The number of aromatic carboxylic acids is 1. The van der Waals surface area contributed by atoms with Crippen LogP contribution in [0.2, 0.25) is 0 Å². The lowest BCUT2D eigenvalue weighted by Gasteiger charge is -2.31. The molecule has 1 amide bonds. The number of carboxylic acid groups (broad SMARTS) is 1. The maximum absolute atomic E-state index is 12.3. The smallest absolute Gasteiger partial charge is 0.338 e. The Morgan fingerprint density at radius 1 is 1.32 bits per heavy atom. The molecule has 1 aliphatic heterocycles. The highest BCUT2D eigenvalue weighted by Crippen LogP contribution is 2.20. The van der Waals surface area contributed by atoms with E-state index in [9.17, 15) is 18.0 Å². The summed E-state index contributed by atoms with van der Waals surface area (Å²) >= 11 is 1.15. The molecule has 0 unspecified atom stereocenters. The summed E-state index contributed by atoms with van der Waals surface area (Å²) in [6.07, 6.45) is 1.98. The molecule has 134 valence electrons. The fourth-order valence-electron chi connectivity index (χ4n) is 2.61. The van der Waals surface area contributed by atoms with Gasteiger partial charge in [-0.25, -0.2) is 17.9 Å². The monoisotopic (exact) mass is 384 g/mol. The second kappa shape index (κ2) is 6.98. The number of carboxylic acids is 1. The van der Waals surface area contributed by atoms with Crippen LogP contribution < -0.4 is 4.72 Å². The number of rotatable bonds is 5. The van der Waals surface area contributed by atoms with Gasteiger partial charge in [-0.05, 0) is 24.3 Å². The summed E-state index contributed by atoms with van der Waals surface area (Å²) in [7, 11) is -3.53. The minimum atomic E-state index is -3.53. The maximum atomic E-state index is 12.3. The van der Waals surface area contributed by atoms with Crippen molar-refractivity contribution in [2.75, 3.05) is 13.1 Å². The maximum Gasteiger partial charge on any atom is 0.338 e. The molecular weight excluding hydrogens is 368 g/mol. The number of furan rings is 1. The van der Waals surface area contributed by atoms with E-state index in [0.29, 0.717) is 25.9 Å². The van der Waals surface area contributed by atoms with Crippen LogP contribution in [0.25, 0.3) is 0 Å². The highest BCUT2D eigenvalue weighted by Gasteiger charge is 2.29. The molecule has 3 heterocycles. The van der Waals surface area contributed by atoms with Crippen LogP contribution in [0.3, 0.4) is 0 Å². The number of carbonyl (C=O) groups excluding carboxylic acids is 1. The Morgan fingerprint density at radius 2 is 2.04 bits per heavy atom. The van der Waals surface area contributed by atoms with E-state index in [2.05, 4.69) is 4.72 Å². The van der Waals surface area contributed by atoms with Crippen molar-refractivity contribution in [2.24, 2.45) is 0 Å². The highest BCUT2D eigenvalue weighted by atomic mass is 32.2. The van der Waals surface area contributed by atoms with Gasteiger partial charge in [0.15, 0.2) is 5.76 Å². The van der Waals surface area contributed by atoms with Gasteiger partial charge in [0, 0.05) is 25.2 Å². The van der Waals surface area contributed by atoms with Gasteiger partial charge in [0.1, 0.15) is 10.5 Å². The third-order valence-electron chi connectivity index (χ3n) is 3.92. The number of hydrogen-bond acceptors (Lipinski definition) is 6. The van der Waals surface area contributed by atoms with Gasteiger partial charge < -0.3 is 14.4 Å². The highest BCUT2D eigenvalue weighted by molar-refractivity contribution is 7.91. The SMILES string of the molecule is O=C(O)c1coc(C(=O)N2CCC(NS(=O)(=O)c3cccs3)CC2)c1. The standard InChI is InChI=1S/C15H16N2O6S2/c18-14(12-8-10(9-23-12)15(19)20)17-5-3-11(4-6-17)16-25(21,22)13-2-1-7-24-13/h1-2,7-9,11,16H,3-6H2,(H,19,20). The van der Waals surface area contributed by atoms with E-state index >= 15 is 0 Å². The number of piperidine rings is 1. The van der Waals surface area contributed by atoms with Crippen LogP contribution in [0.15, 0.2) is 38.5 Å². The van der Waals surface area contributed by atoms with Crippen molar-refractivity contribution in [3.05, 3.63) is 41.2 Å². The number of amides is 1. The Balaban J connectivity index is 1.58. The van der Waals surface area contributed by atoms with Gasteiger partial charge in [0.05, 0.1) is 5.56 Å². The minimum Gasteiger partial charge on any atom is -0.478 e. The van der Waals surface area contributed by atoms with Crippen molar-refractivity contribution in [3.8, 4) is 0 Å². The molecule has 3 rings (SSSR count). The Hall–Kier alpha value is -2.17. The Bertz CT molecular complexity index is 864. The molecule has 1 fully saturated rings. The molecule has 1 saturated heterocycles. The van der Waals surface area contributed by atoms with Gasteiger partial charge >= 0.3 is 5.97 Å². The molecule has 2 N–H and O–H groups in total. The van der Waals surface area contributed by atoms with Crippen LogP contribution in [-0.2, 0) is 10.0 Å². The molecule has 0 spiro atoms.